The quantitative estimate of drug-likeness (QED) is 0.690. The Morgan fingerprint density at radius 3 is 2.43 bits per heavy atom. The summed E-state index contributed by atoms with van der Waals surface area (Å²) in [4.78, 5) is 4.84. The van der Waals surface area contributed by atoms with Crippen LogP contribution in [0.1, 0.15) is 25.8 Å². The fourth-order valence-electron chi connectivity index (χ4n) is 3.98. The van der Waals surface area contributed by atoms with Crippen LogP contribution < -0.4 is 9.62 Å². The molecule has 0 aliphatic carbocycles. The Morgan fingerprint density at radius 1 is 1.11 bits per heavy atom. The van der Waals surface area contributed by atoms with E-state index in [0.29, 0.717) is 19.6 Å². The molecule has 0 saturated carbocycles. The maximum Gasteiger partial charge on any atom is 0.279 e. The van der Waals surface area contributed by atoms with Crippen LogP contribution in [0.4, 0.5) is 5.69 Å². The maximum atomic E-state index is 12.5. The third kappa shape index (κ3) is 5.90. The molecule has 2 aliphatic rings. The molecular weight excluding hydrogens is 376 g/mol. The van der Waals surface area contributed by atoms with E-state index in [1.807, 2.05) is 13.8 Å². The van der Waals surface area contributed by atoms with Crippen molar-refractivity contribution in [2.75, 3.05) is 57.3 Å². The number of piperazine rings is 1. The second-order valence-corrected chi connectivity index (χ2v) is 9.75. The van der Waals surface area contributed by atoms with Gasteiger partial charge in [-0.25, -0.2) is 4.72 Å². The van der Waals surface area contributed by atoms with Gasteiger partial charge in [0.2, 0.25) is 0 Å². The zero-order chi connectivity index (χ0) is 20.1. The van der Waals surface area contributed by atoms with Gasteiger partial charge in [-0.3, -0.25) is 4.90 Å². The number of anilines is 1. The molecule has 8 heteroatoms. The van der Waals surface area contributed by atoms with Crippen molar-refractivity contribution in [2.24, 2.45) is 0 Å². The van der Waals surface area contributed by atoms with Gasteiger partial charge in [0.05, 0.1) is 12.2 Å². The topological polar surface area (TPSA) is 65.1 Å². The second kappa shape index (κ2) is 9.54. The first kappa shape index (κ1) is 21.5. The molecule has 7 nitrogen and oxygen atoms in total. The average molecular weight is 411 g/mol. The third-order valence-corrected chi connectivity index (χ3v) is 6.95. The van der Waals surface area contributed by atoms with Gasteiger partial charge >= 0.3 is 0 Å². The standard InChI is InChI=1S/C20H34N4O3S/c1-17-6-4-7-20(14-17)23-12-10-22(11-13-23)9-5-8-21-28(25,26)24-15-18(2)27-19(3)16-24/h4,6-7,14,18-19,21H,5,8-13,15-16H2,1-3H3. The molecule has 2 atom stereocenters. The van der Waals surface area contributed by atoms with E-state index in [1.54, 1.807) is 0 Å². The van der Waals surface area contributed by atoms with Gasteiger partial charge in [0.25, 0.3) is 10.2 Å². The molecule has 1 aromatic rings. The van der Waals surface area contributed by atoms with Gasteiger partial charge in [0.15, 0.2) is 0 Å². The fourth-order valence-corrected chi connectivity index (χ4v) is 5.37. The van der Waals surface area contributed by atoms with Crippen LogP contribution >= 0.6 is 0 Å². The first-order chi connectivity index (χ1) is 13.3. The van der Waals surface area contributed by atoms with Crippen LogP contribution in [0.5, 0.6) is 0 Å². The number of benzene rings is 1. The van der Waals surface area contributed by atoms with Crippen molar-refractivity contribution >= 4 is 15.9 Å². The number of hydrogen-bond acceptors (Lipinski definition) is 5. The highest BCUT2D eigenvalue weighted by Gasteiger charge is 2.30. The first-order valence-electron chi connectivity index (χ1n) is 10.3. The number of hydrogen-bond donors (Lipinski definition) is 1. The first-order valence-corrected chi connectivity index (χ1v) is 11.7. The Bertz CT molecular complexity index is 725. The minimum atomic E-state index is -3.42. The molecule has 28 heavy (non-hydrogen) atoms. The molecule has 3 rings (SSSR count). The van der Waals surface area contributed by atoms with Crippen molar-refractivity contribution in [3.05, 3.63) is 29.8 Å². The minimum Gasteiger partial charge on any atom is -0.373 e. The highest BCUT2D eigenvalue weighted by Crippen LogP contribution is 2.18. The number of ether oxygens (including phenoxy) is 1. The molecule has 0 radical (unpaired) electrons. The SMILES string of the molecule is Cc1cccc(N2CCN(CCCNS(=O)(=O)N3CC(C)OC(C)C3)CC2)c1. The zero-order valence-corrected chi connectivity index (χ0v) is 18.1. The lowest BCUT2D eigenvalue weighted by atomic mass is 10.2. The summed E-state index contributed by atoms with van der Waals surface area (Å²) < 4.78 is 34.9. The molecule has 2 aliphatic heterocycles. The minimum absolute atomic E-state index is 0.0648. The molecule has 2 heterocycles. The summed E-state index contributed by atoms with van der Waals surface area (Å²) in [6.07, 6.45) is 0.689. The van der Waals surface area contributed by atoms with E-state index in [0.717, 1.165) is 39.1 Å². The van der Waals surface area contributed by atoms with Gasteiger partial charge in [-0.1, -0.05) is 12.1 Å². The molecule has 1 N–H and O–H groups in total. The summed E-state index contributed by atoms with van der Waals surface area (Å²) in [5.41, 5.74) is 2.58. The second-order valence-electron chi connectivity index (χ2n) is 7.99. The normalized spacial score (nSPS) is 25.2. The predicted octanol–water partition coefficient (Wildman–Crippen LogP) is 1.45. The highest BCUT2D eigenvalue weighted by molar-refractivity contribution is 7.87. The van der Waals surface area contributed by atoms with E-state index >= 15 is 0 Å². The zero-order valence-electron chi connectivity index (χ0n) is 17.3. The molecule has 0 spiro atoms. The summed E-state index contributed by atoms with van der Waals surface area (Å²) in [5.74, 6) is 0. The Labute approximate surface area is 169 Å². The number of nitrogens with zero attached hydrogens (tertiary/aromatic N) is 3. The van der Waals surface area contributed by atoms with Gasteiger partial charge in [-0.05, 0) is 51.4 Å². The van der Waals surface area contributed by atoms with E-state index in [-0.39, 0.29) is 12.2 Å². The number of morpholine rings is 1. The van der Waals surface area contributed by atoms with Crippen LogP contribution in [0.2, 0.25) is 0 Å². The van der Waals surface area contributed by atoms with Crippen LogP contribution in [0.3, 0.4) is 0 Å². The Hall–Kier alpha value is -1.19. The summed E-state index contributed by atoms with van der Waals surface area (Å²) >= 11 is 0. The highest BCUT2D eigenvalue weighted by atomic mass is 32.2. The molecule has 0 bridgehead atoms. The third-order valence-electron chi connectivity index (χ3n) is 5.40. The molecule has 0 aromatic heterocycles. The Kier molecular flexibility index (Phi) is 7.33. The van der Waals surface area contributed by atoms with Crippen LogP contribution in [-0.4, -0.2) is 82.2 Å². The monoisotopic (exact) mass is 410 g/mol. The Balaban J connectivity index is 1.37. The van der Waals surface area contributed by atoms with Gasteiger partial charge in [-0.15, -0.1) is 0 Å². The smallest absolute Gasteiger partial charge is 0.279 e. The molecule has 1 aromatic carbocycles. The van der Waals surface area contributed by atoms with Crippen molar-refractivity contribution in [1.82, 2.24) is 13.9 Å². The lowest BCUT2D eigenvalue weighted by molar-refractivity contribution is -0.0443. The predicted molar refractivity (Wildman–Crippen MR) is 113 cm³/mol. The van der Waals surface area contributed by atoms with Crippen molar-refractivity contribution in [1.29, 1.82) is 0 Å². The van der Waals surface area contributed by atoms with Crippen molar-refractivity contribution < 1.29 is 13.2 Å². The summed E-state index contributed by atoms with van der Waals surface area (Å²) in [6.45, 7) is 12.2. The molecule has 0 amide bonds. The van der Waals surface area contributed by atoms with E-state index in [4.69, 9.17) is 4.74 Å². The summed E-state index contributed by atoms with van der Waals surface area (Å²) in [6, 6.07) is 8.64. The molecular formula is C20H34N4O3S. The molecule has 2 fully saturated rings. The molecule has 2 saturated heterocycles. The molecule has 2 unspecified atom stereocenters. The summed E-state index contributed by atoms with van der Waals surface area (Å²) in [7, 11) is -3.42. The lowest BCUT2D eigenvalue weighted by Crippen LogP contribution is -2.52. The van der Waals surface area contributed by atoms with E-state index in [2.05, 4.69) is 45.7 Å². The van der Waals surface area contributed by atoms with Gasteiger partial charge in [-0.2, -0.15) is 12.7 Å². The average Bonchev–Trinajstić information content (AvgIpc) is 2.65. The van der Waals surface area contributed by atoms with Crippen molar-refractivity contribution in [3.63, 3.8) is 0 Å². The van der Waals surface area contributed by atoms with Gasteiger partial charge < -0.3 is 9.64 Å². The number of rotatable bonds is 7. The largest absolute Gasteiger partial charge is 0.373 e. The molecule has 158 valence electrons. The van der Waals surface area contributed by atoms with Gasteiger partial charge in [0, 0.05) is 51.5 Å². The number of aryl methyl sites for hydroxylation is 1. The van der Waals surface area contributed by atoms with E-state index in [1.165, 1.54) is 15.6 Å². The van der Waals surface area contributed by atoms with E-state index < -0.39 is 10.2 Å². The van der Waals surface area contributed by atoms with Crippen LogP contribution in [0.25, 0.3) is 0 Å². The van der Waals surface area contributed by atoms with Crippen LogP contribution in [-0.2, 0) is 14.9 Å². The van der Waals surface area contributed by atoms with Crippen LogP contribution in [0.15, 0.2) is 24.3 Å². The van der Waals surface area contributed by atoms with Crippen molar-refractivity contribution in [3.8, 4) is 0 Å². The maximum absolute atomic E-state index is 12.5. The summed E-state index contributed by atoms with van der Waals surface area (Å²) in [5, 5.41) is 0. The van der Waals surface area contributed by atoms with E-state index in [9.17, 15) is 8.42 Å². The fraction of sp³-hybridized carbons (Fsp3) is 0.700. The van der Waals surface area contributed by atoms with Gasteiger partial charge in [0.1, 0.15) is 0 Å². The van der Waals surface area contributed by atoms with Crippen molar-refractivity contribution in [2.45, 2.75) is 39.4 Å². The number of nitrogens with one attached hydrogen (secondary N) is 1. The Morgan fingerprint density at radius 2 is 1.79 bits per heavy atom. The van der Waals surface area contributed by atoms with Crippen LogP contribution in [0, 0.1) is 6.92 Å². The lowest BCUT2D eigenvalue weighted by Gasteiger charge is -2.36.